The molecule has 104 valence electrons. The average molecular weight is 273 g/mol. The quantitative estimate of drug-likeness (QED) is 0.848. The van der Waals surface area contributed by atoms with Crippen LogP contribution in [0.2, 0.25) is 0 Å². The van der Waals surface area contributed by atoms with E-state index in [1.54, 1.807) is 31.5 Å². The second-order valence-corrected chi connectivity index (χ2v) is 4.90. The van der Waals surface area contributed by atoms with Crippen LogP contribution in [-0.4, -0.2) is 30.0 Å². The molecule has 1 saturated carbocycles. The van der Waals surface area contributed by atoms with Crippen molar-refractivity contribution in [1.29, 1.82) is 0 Å². The Labute approximate surface area is 116 Å². The standard InChI is InChI=1S/C15H15NO4/c1-19-8-20-14-11-5-4-10(15(17)18)6-13(11)16-7-12(14)9-2-3-9/h4-7,9H,2-3,8H2,1H3,(H,17,18). The minimum atomic E-state index is -0.959. The van der Waals surface area contributed by atoms with E-state index in [4.69, 9.17) is 14.6 Å². The van der Waals surface area contributed by atoms with Crippen molar-refractivity contribution < 1.29 is 19.4 Å². The van der Waals surface area contributed by atoms with Crippen molar-refractivity contribution in [2.24, 2.45) is 0 Å². The average Bonchev–Trinajstić information content (AvgIpc) is 3.28. The Morgan fingerprint density at radius 3 is 2.90 bits per heavy atom. The number of rotatable bonds is 5. The molecule has 0 spiro atoms. The van der Waals surface area contributed by atoms with Crippen molar-refractivity contribution in [1.82, 2.24) is 4.98 Å². The number of ether oxygens (including phenoxy) is 2. The van der Waals surface area contributed by atoms with Crippen LogP contribution in [0.1, 0.15) is 34.7 Å². The van der Waals surface area contributed by atoms with Crippen molar-refractivity contribution in [3.63, 3.8) is 0 Å². The number of carbonyl (C=O) groups is 1. The molecular weight excluding hydrogens is 258 g/mol. The number of benzene rings is 1. The highest BCUT2D eigenvalue weighted by Crippen LogP contribution is 2.46. The molecule has 0 radical (unpaired) electrons. The Bertz CT molecular complexity index is 664. The Morgan fingerprint density at radius 1 is 1.45 bits per heavy atom. The normalized spacial score (nSPS) is 14.4. The van der Waals surface area contributed by atoms with E-state index in [-0.39, 0.29) is 12.4 Å². The van der Waals surface area contributed by atoms with Gasteiger partial charge in [0.1, 0.15) is 5.75 Å². The summed E-state index contributed by atoms with van der Waals surface area (Å²) in [4.78, 5) is 15.4. The summed E-state index contributed by atoms with van der Waals surface area (Å²) < 4.78 is 10.7. The maximum absolute atomic E-state index is 11.0. The number of methoxy groups -OCH3 is 1. The van der Waals surface area contributed by atoms with E-state index in [0.29, 0.717) is 11.4 Å². The topological polar surface area (TPSA) is 68.7 Å². The summed E-state index contributed by atoms with van der Waals surface area (Å²) in [6.45, 7) is 0.166. The van der Waals surface area contributed by atoms with Crippen molar-refractivity contribution >= 4 is 16.9 Å². The van der Waals surface area contributed by atoms with Crippen molar-refractivity contribution in [3.8, 4) is 5.75 Å². The van der Waals surface area contributed by atoms with Gasteiger partial charge in [-0.3, -0.25) is 4.98 Å². The Balaban J connectivity index is 2.12. The first-order valence-corrected chi connectivity index (χ1v) is 6.48. The Morgan fingerprint density at radius 2 is 2.25 bits per heavy atom. The molecule has 2 aromatic rings. The molecule has 1 aromatic heterocycles. The first-order chi connectivity index (χ1) is 9.70. The number of hydrogen-bond donors (Lipinski definition) is 1. The first kappa shape index (κ1) is 12.9. The van der Waals surface area contributed by atoms with Crippen LogP contribution in [0, 0.1) is 0 Å². The van der Waals surface area contributed by atoms with Crippen LogP contribution in [0.3, 0.4) is 0 Å². The number of aromatic nitrogens is 1. The summed E-state index contributed by atoms with van der Waals surface area (Å²) >= 11 is 0. The third-order valence-electron chi connectivity index (χ3n) is 3.43. The van der Waals surface area contributed by atoms with Crippen molar-refractivity contribution in [2.45, 2.75) is 18.8 Å². The summed E-state index contributed by atoms with van der Waals surface area (Å²) in [5, 5.41) is 9.86. The second kappa shape index (κ2) is 5.09. The highest BCUT2D eigenvalue weighted by Gasteiger charge is 2.28. The van der Waals surface area contributed by atoms with Crippen LogP contribution in [-0.2, 0) is 4.74 Å². The van der Waals surface area contributed by atoms with Crippen LogP contribution in [0.25, 0.3) is 10.9 Å². The molecule has 20 heavy (non-hydrogen) atoms. The van der Waals surface area contributed by atoms with Gasteiger partial charge in [-0.1, -0.05) is 0 Å². The zero-order valence-electron chi connectivity index (χ0n) is 11.1. The third-order valence-corrected chi connectivity index (χ3v) is 3.43. The molecule has 0 unspecified atom stereocenters. The lowest BCUT2D eigenvalue weighted by Crippen LogP contribution is -2.03. The van der Waals surface area contributed by atoms with Gasteiger partial charge in [0.25, 0.3) is 0 Å². The number of aromatic carboxylic acids is 1. The molecule has 3 rings (SSSR count). The molecule has 0 amide bonds. The fourth-order valence-corrected chi connectivity index (χ4v) is 2.28. The van der Waals surface area contributed by atoms with Crippen molar-refractivity contribution in [2.75, 3.05) is 13.9 Å². The number of hydrogen-bond acceptors (Lipinski definition) is 4. The molecule has 1 heterocycles. The van der Waals surface area contributed by atoms with Gasteiger partial charge >= 0.3 is 5.97 Å². The predicted octanol–water partition coefficient (Wildman–Crippen LogP) is 2.79. The number of nitrogens with zero attached hydrogens (tertiary/aromatic N) is 1. The summed E-state index contributed by atoms with van der Waals surface area (Å²) in [5.74, 6) is 0.300. The zero-order valence-corrected chi connectivity index (χ0v) is 11.1. The van der Waals surface area contributed by atoms with Gasteiger partial charge in [0, 0.05) is 24.3 Å². The van der Waals surface area contributed by atoms with Crippen LogP contribution in [0.5, 0.6) is 5.75 Å². The molecule has 0 aliphatic heterocycles. The molecule has 5 nitrogen and oxygen atoms in total. The molecule has 0 saturated heterocycles. The van der Waals surface area contributed by atoms with Gasteiger partial charge in [0.15, 0.2) is 6.79 Å². The zero-order chi connectivity index (χ0) is 14.1. The van der Waals surface area contributed by atoms with Crippen LogP contribution in [0.15, 0.2) is 24.4 Å². The number of carboxylic acid groups (broad SMARTS) is 1. The van der Waals surface area contributed by atoms with Crippen LogP contribution in [0.4, 0.5) is 0 Å². The SMILES string of the molecule is COCOc1c(C2CC2)cnc2cc(C(=O)O)ccc12. The summed E-state index contributed by atoms with van der Waals surface area (Å²) in [7, 11) is 1.57. The highest BCUT2D eigenvalue weighted by molar-refractivity contribution is 5.95. The lowest BCUT2D eigenvalue weighted by Gasteiger charge is -2.13. The largest absolute Gasteiger partial charge is 0.478 e. The fourth-order valence-electron chi connectivity index (χ4n) is 2.28. The predicted molar refractivity (Wildman–Crippen MR) is 73.2 cm³/mol. The molecular formula is C15H15NO4. The minimum Gasteiger partial charge on any atom is -0.478 e. The van der Waals surface area contributed by atoms with E-state index in [1.165, 1.54) is 0 Å². The van der Waals surface area contributed by atoms with Gasteiger partial charge in [-0.25, -0.2) is 4.79 Å². The van der Waals surface area contributed by atoms with Gasteiger partial charge in [0.2, 0.25) is 0 Å². The van der Waals surface area contributed by atoms with Crippen LogP contribution < -0.4 is 4.74 Å². The van der Waals surface area contributed by atoms with E-state index in [9.17, 15) is 4.79 Å². The number of pyridine rings is 1. The Hall–Kier alpha value is -2.14. The molecule has 1 aliphatic rings. The maximum atomic E-state index is 11.0. The van der Waals surface area contributed by atoms with Crippen molar-refractivity contribution in [3.05, 3.63) is 35.5 Å². The summed E-state index contributed by atoms with van der Waals surface area (Å²) in [6, 6.07) is 4.89. The maximum Gasteiger partial charge on any atom is 0.335 e. The van der Waals surface area contributed by atoms with Gasteiger partial charge in [-0.15, -0.1) is 0 Å². The minimum absolute atomic E-state index is 0.166. The van der Waals surface area contributed by atoms with E-state index in [2.05, 4.69) is 4.98 Å². The van der Waals surface area contributed by atoms with Gasteiger partial charge < -0.3 is 14.6 Å². The Kier molecular flexibility index (Phi) is 3.28. The smallest absolute Gasteiger partial charge is 0.335 e. The molecule has 1 N–H and O–H groups in total. The molecule has 5 heteroatoms. The van der Waals surface area contributed by atoms with E-state index in [1.807, 2.05) is 0 Å². The lowest BCUT2D eigenvalue weighted by molar-refractivity contribution is 0.0515. The van der Waals surface area contributed by atoms with E-state index < -0.39 is 5.97 Å². The molecule has 0 atom stereocenters. The van der Waals surface area contributed by atoms with Gasteiger partial charge in [0.05, 0.1) is 11.1 Å². The number of fused-ring (bicyclic) bond motifs is 1. The van der Waals surface area contributed by atoms with E-state index in [0.717, 1.165) is 29.5 Å². The second-order valence-electron chi connectivity index (χ2n) is 4.90. The van der Waals surface area contributed by atoms with Crippen LogP contribution >= 0.6 is 0 Å². The summed E-state index contributed by atoms with van der Waals surface area (Å²) in [6.07, 6.45) is 4.07. The summed E-state index contributed by atoms with van der Waals surface area (Å²) in [5.41, 5.74) is 1.93. The lowest BCUT2D eigenvalue weighted by atomic mass is 10.1. The van der Waals surface area contributed by atoms with Gasteiger partial charge in [-0.05, 0) is 37.0 Å². The fraction of sp³-hybridized carbons (Fsp3) is 0.333. The third kappa shape index (κ3) is 2.32. The molecule has 1 aliphatic carbocycles. The van der Waals surface area contributed by atoms with Gasteiger partial charge in [-0.2, -0.15) is 0 Å². The first-order valence-electron chi connectivity index (χ1n) is 6.48. The van der Waals surface area contributed by atoms with E-state index >= 15 is 0 Å². The highest BCUT2D eigenvalue weighted by atomic mass is 16.7. The molecule has 1 fully saturated rings. The monoisotopic (exact) mass is 273 g/mol. The molecule has 1 aromatic carbocycles. The molecule has 0 bridgehead atoms. The number of carboxylic acids is 1.